The Balaban J connectivity index is 2.05. The third-order valence-electron chi connectivity index (χ3n) is 4.75. The summed E-state index contributed by atoms with van der Waals surface area (Å²) in [6.07, 6.45) is 0. The molecule has 0 unspecified atom stereocenters. The average Bonchev–Trinajstić information content (AvgIpc) is 2.91. The van der Waals surface area contributed by atoms with Crippen molar-refractivity contribution in [2.45, 2.75) is 20.8 Å². The maximum absolute atomic E-state index is 13.2. The van der Waals surface area contributed by atoms with Crippen LogP contribution in [-0.4, -0.2) is 43.6 Å². The van der Waals surface area contributed by atoms with E-state index in [9.17, 15) is 9.59 Å². The zero-order valence-corrected chi connectivity index (χ0v) is 17.2. The molecule has 1 aliphatic rings. The Labute approximate surface area is 171 Å². The number of anilines is 1. The highest BCUT2D eigenvalue weighted by molar-refractivity contribution is 6.36. The third-order valence-corrected chi connectivity index (χ3v) is 4.75. The van der Waals surface area contributed by atoms with Gasteiger partial charge < -0.3 is 14.8 Å². The molecular weight excluding hydrogens is 368 g/mol. The molecule has 0 saturated heterocycles. The molecule has 0 bridgehead atoms. The molecule has 29 heavy (non-hydrogen) atoms. The quantitative estimate of drug-likeness (QED) is 0.694. The molecule has 0 atom stereocenters. The summed E-state index contributed by atoms with van der Waals surface area (Å²) in [6, 6.07) is 13.2. The lowest BCUT2D eigenvalue weighted by molar-refractivity contribution is -0.137. The van der Waals surface area contributed by atoms with Gasteiger partial charge in [0.15, 0.2) is 0 Å². The SMILES string of the molecule is CCOc1cccc(NC2=C(c3ccc(C)cc3C)C(=O)N(CCOC)C2=O)c1. The van der Waals surface area contributed by atoms with Gasteiger partial charge in [0, 0.05) is 18.9 Å². The minimum absolute atomic E-state index is 0.201. The van der Waals surface area contributed by atoms with Crippen molar-refractivity contribution in [3.8, 4) is 5.75 Å². The average molecular weight is 394 g/mol. The first kappa shape index (κ1) is 20.6. The van der Waals surface area contributed by atoms with Gasteiger partial charge in [-0.05, 0) is 44.0 Å². The summed E-state index contributed by atoms with van der Waals surface area (Å²) < 4.78 is 10.6. The van der Waals surface area contributed by atoms with Gasteiger partial charge in [0.2, 0.25) is 0 Å². The predicted molar refractivity (Wildman–Crippen MR) is 113 cm³/mol. The Morgan fingerprint density at radius 3 is 2.52 bits per heavy atom. The van der Waals surface area contributed by atoms with Gasteiger partial charge in [-0.3, -0.25) is 14.5 Å². The Morgan fingerprint density at radius 1 is 1.03 bits per heavy atom. The summed E-state index contributed by atoms with van der Waals surface area (Å²) in [6.45, 7) is 6.88. The van der Waals surface area contributed by atoms with Crippen LogP contribution in [0.3, 0.4) is 0 Å². The zero-order valence-electron chi connectivity index (χ0n) is 17.2. The van der Waals surface area contributed by atoms with Crippen molar-refractivity contribution in [3.05, 3.63) is 64.9 Å². The first-order chi connectivity index (χ1) is 14.0. The number of carbonyl (C=O) groups is 2. The van der Waals surface area contributed by atoms with Crippen molar-refractivity contribution in [1.82, 2.24) is 4.90 Å². The molecule has 1 heterocycles. The van der Waals surface area contributed by atoms with Gasteiger partial charge in [-0.2, -0.15) is 0 Å². The van der Waals surface area contributed by atoms with E-state index in [1.54, 1.807) is 7.11 Å². The van der Waals surface area contributed by atoms with Crippen molar-refractivity contribution in [2.75, 3.05) is 32.2 Å². The second kappa shape index (κ2) is 8.92. The van der Waals surface area contributed by atoms with E-state index in [-0.39, 0.29) is 30.7 Å². The highest BCUT2D eigenvalue weighted by Crippen LogP contribution is 2.33. The normalized spacial score (nSPS) is 14.0. The lowest BCUT2D eigenvalue weighted by Crippen LogP contribution is -2.35. The van der Waals surface area contributed by atoms with Gasteiger partial charge in [-0.25, -0.2) is 0 Å². The van der Waals surface area contributed by atoms with E-state index in [4.69, 9.17) is 9.47 Å². The molecule has 0 spiro atoms. The number of imide groups is 1. The molecule has 1 aliphatic heterocycles. The van der Waals surface area contributed by atoms with Crippen molar-refractivity contribution >= 4 is 23.1 Å². The molecule has 2 aromatic rings. The van der Waals surface area contributed by atoms with E-state index in [0.29, 0.717) is 23.6 Å². The Morgan fingerprint density at radius 2 is 1.83 bits per heavy atom. The van der Waals surface area contributed by atoms with Gasteiger partial charge in [0.05, 0.1) is 25.3 Å². The summed E-state index contributed by atoms with van der Waals surface area (Å²) >= 11 is 0. The van der Waals surface area contributed by atoms with Crippen molar-refractivity contribution in [3.63, 3.8) is 0 Å². The maximum Gasteiger partial charge on any atom is 0.278 e. The number of rotatable bonds is 8. The highest BCUT2D eigenvalue weighted by Gasteiger charge is 2.39. The number of carbonyl (C=O) groups excluding carboxylic acids is 2. The van der Waals surface area contributed by atoms with Crippen LogP contribution in [0.4, 0.5) is 5.69 Å². The van der Waals surface area contributed by atoms with Crippen LogP contribution in [0.25, 0.3) is 5.57 Å². The number of amides is 2. The Kier molecular flexibility index (Phi) is 6.34. The van der Waals surface area contributed by atoms with E-state index in [1.807, 2.05) is 63.2 Å². The Hall–Kier alpha value is -3.12. The Bertz CT molecular complexity index is 965. The van der Waals surface area contributed by atoms with Crippen LogP contribution in [0, 0.1) is 13.8 Å². The fraction of sp³-hybridized carbons (Fsp3) is 0.304. The van der Waals surface area contributed by atoms with Crippen LogP contribution < -0.4 is 10.1 Å². The van der Waals surface area contributed by atoms with Crippen LogP contribution in [0.1, 0.15) is 23.6 Å². The molecule has 1 N–H and O–H groups in total. The minimum atomic E-state index is -0.358. The third kappa shape index (κ3) is 4.32. The number of hydrogen-bond donors (Lipinski definition) is 1. The maximum atomic E-state index is 13.2. The molecule has 0 fully saturated rings. The molecule has 0 radical (unpaired) electrons. The lowest BCUT2D eigenvalue weighted by Gasteiger charge is -2.14. The molecule has 2 aromatic carbocycles. The first-order valence-corrected chi connectivity index (χ1v) is 9.63. The van der Waals surface area contributed by atoms with Crippen LogP contribution in [0.15, 0.2) is 48.2 Å². The predicted octanol–water partition coefficient (Wildman–Crippen LogP) is 3.54. The standard InChI is InChI=1S/C23H26N2O4/c1-5-29-18-8-6-7-17(14-18)24-21-20(19-10-9-15(2)13-16(19)3)22(26)25(23(21)27)11-12-28-4/h6-10,13-14,24H,5,11-12H2,1-4H3. The van der Waals surface area contributed by atoms with Crippen LogP contribution in [0.5, 0.6) is 5.75 Å². The largest absolute Gasteiger partial charge is 0.494 e. The van der Waals surface area contributed by atoms with E-state index >= 15 is 0 Å². The minimum Gasteiger partial charge on any atom is -0.494 e. The highest BCUT2D eigenvalue weighted by atomic mass is 16.5. The first-order valence-electron chi connectivity index (χ1n) is 9.63. The van der Waals surface area contributed by atoms with Crippen molar-refractivity contribution in [1.29, 1.82) is 0 Å². The summed E-state index contributed by atoms with van der Waals surface area (Å²) in [5, 5.41) is 3.16. The smallest absolute Gasteiger partial charge is 0.278 e. The molecule has 0 saturated carbocycles. The molecule has 3 rings (SSSR count). The molecule has 6 nitrogen and oxygen atoms in total. The second-order valence-corrected chi connectivity index (χ2v) is 6.91. The molecular formula is C23H26N2O4. The number of hydrogen-bond acceptors (Lipinski definition) is 5. The lowest BCUT2D eigenvalue weighted by atomic mass is 9.97. The number of ether oxygens (including phenoxy) is 2. The summed E-state index contributed by atoms with van der Waals surface area (Å²) in [4.78, 5) is 27.5. The summed E-state index contributed by atoms with van der Waals surface area (Å²) in [5.74, 6) is 0.0190. The van der Waals surface area contributed by atoms with Crippen molar-refractivity contribution in [2.24, 2.45) is 0 Å². The molecule has 152 valence electrons. The molecule has 2 amide bonds. The van der Waals surface area contributed by atoms with Crippen LogP contribution >= 0.6 is 0 Å². The zero-order chi connectivity index (χ0) is 21.0. The monoisotopic (exact) mass is 394 g/mol. The number of nitrogens with zero attached hydrogens (tertiary/aromatic N) is 1. The second-order valence-electron chi connectivity index (χ2n) is 6.91. The summed E-state index contributed by atoms with van der Waals surface area (Å²) in [7, 11) is 1.54. The summed E-state index contributed by atoms with van der Waals surface area (Å²) in [5.41, 5.74) is 4.12. The number of nitrogens with one attached hydrogen (secondary N) is 1. The number of aryl methyl sites for hydroxylation is 2. The van der Waals surface area contributed by atoms with Crippen molar-refractivity contribution < 1.29 is 19.1 Å². The van der Waals surface area contributed by atoms with Gasteiger partial charge >= 0.3 is 0 Å². The van der Waals surface area contributed by atoms with Gasteiger partial charge in [-0.15, -0.1) is 0 Å². The van der Waals surface area contributed by atoms with E-state index in [2.05, 4.69) is 5.32 Å². The van der Waals surface area contributed by atoms with Crippen LogP contribution in [0.2, 0.25) is 0 Å². The molecule has 0 aromatic heterocycles. The van der Waals surface area contributed by atoms with Crippen LogP contribution in [-0.2, 0) is 14.3 Å². The molecule has 6 heteroatoms. The van der Waals surface area contributed by atoms with Gasteiger partial charge in [0.1, 0.15) is 11.4 Å². The fourth-order valence-corrected chi connectivity index (χ4v) is 3.40. The van der Waals surface area contributed by atoms with Gasteiger partial charge in [-0.1, -0.05) is 29.8 Å². The van der Waals surface area contributed by atoms with E-state index in [0.717, 1.165) is 16.7 Å². The fourth-order valence-electron chi connectivity index (χ4n) is 3.40. The topological polar surface area (TPSA) is 67.9 Å². The van der Waals surface area contributed by atoms with E-state index in [1.165, 1.54) is 4.90 Å². The van der Waals surface area contributed by atoms with E-state index < -0.39 is 0 Å². The molecule has 0 aliphatic carbocycles. The van der Waals surface area contributed by atoms with Gasteiger partial charge in [0.25, 0.3) is 11.8 Å². The number of benzene rings is 2. The number of methoxy groups -OCH3 is 1.